The fourth-order valence-electron chi connectivity index (χ4n) is 2.07. The zero-order valence-electron chi connectivity index (χ0n) is 14.0. The average molecular weight is 293 g/mol. The molecule has 0 aliphatic carbocycles. The quantitative estimate of drug-likeness (QED) is 0.616. The zero-order valence-corrected chi connectivity index (χ0v) is 14.0. The van der Waals surface area contributed by atoms with Gasteiger partial charge in [0.1, 0.15) is 5.75 Å². The van der Waals surface area contributed by atoms with Gasteiger partial charge in [0, 0.05) is 19.3 Å². The monoisotopic (exact) mass is 293 g/mol. The highest BCUT2D eigenvalue weighted by atomic mass is 16.5. The summed E-state index contributed by atoms with van der Waals surface area (Å²) in [7, 11) is 0. The fourth-order valence-corrected chi connectivity index (χ4v) is 2.07. The molecule has 0 radical (unpaired) electrons. The van der Waals surface area contributed by atoms with Gasteiger partial charge >= 0.3 is 0 Å². The Kier molecular flexibility index (Phi) is 9.11. The molecular weight excluding hydrogens is 262 g/mol. The van der Waals surface area contributed by atoms with E-state index >= 15 is 0 Å². The number of ether oxygens (including phenoxy) is 2. The predicted octanol–water partition coefficient (Wildman–Crippen LogP) is 4.33. The summed E-state index contributed by atoms with van der Waals surface area (Å²) in [4.78, 5) is 0. The number of unbranched alkanes of at least 4 members (excludes halogenated alkanes) is 1. The van der Waals surface area contributed by atoms with Crippen molar-refractivity contribution >= 4 is 0 Å². The van der Waals surface area contributed by atoms with Crippen molar-refractivity contribution in [3.63, 3.8) is 0 Å². The molecule has 3 nitrogen and oxygen atoms in total. The Hall–Kier alpha value is -1.06. The molecule has 0 bridgehead atoms. The van der Waals surface area contributed by atoms with Gasteiger partial charge in [-0.25, -0.2) is 0 Å². The molecule has 0 saturated carbocycles. The largest absolute Gasteiger partial charge is 0.491 e. The first-order valence-electron chi connectivity index (χ1n) is 8.21. The second-order valence-electron chi connectivity index (χ2n) is 5.73. The lowest BCUT2D eigenvalue weighted by Gasteiger charge is -2.15. The maximum atomic E-state index is 5.66. The van der Waals surface area contributed by atoms with E-state index in [-0.39, 0.29) is 6.10 Å². The summed E-state index contributed by atoms with van der Waals surface area (Å²) in [5.74, 6) is 0.935. The van der Waals surface area contributed by atoms with Crippen LogP contribution < -0.4 is 10.1 Å². The van der Waals surface area contributed by atoms with Crippen LogP contribution in [0.2, 0.25) is 0 Å². The molecule has 3 heteroatoms. The molecule has 0 aliphatic heterocycles. The third kappa shape index (κ3) is 8.08. The molecule has 0 aliphatic rings. The van der Waals surface area contributed by atoms with E-state index in [1.807, 2.05) is 26.0 Å². The molecule has 0 spiro atoms. The minimum Gasteiger partial charge on any atom is -0.491 e. The Morgan fingerprint density at radius 2 is 1.67 bits per heavy atom. The van der Waals surface area contributed by atoms with Gasteiger partial charge in [0.2, 0.25) is 0 Å². The van der Waals surface area contributed by atoms with Gasteiger partial charge in [-0.15, -0.1) is 0 Å². The van der Waals surface area contributed by atoms with Gasteiger partial charge in [-0.05, 0) is 57.9 Å². The molecule has 1 aromatic carbocycles. The minimum absolute atomic E-state index is 0.221. The predicted molar refractivity (Wildman–Crippen MR) is 89.0 cm³/mol. The van der Waals surface area contributed by atoms with Crippen molar-refractivity contribution in [1.82, 2.24) is 5.32 Å². The van der Waals surface area contributed by atoms with E-state index in [4.69, 9.17) is 9.47 Å². The van der Waals surface area contributed by atoms with Crippen molar-refractivity contribution in [3.05, 3.63) is 29.8 Å². The normalized spacial score (nSPS) is 12.6. The number of hydrogen-bond donors (Lipinski definition) is 1. The SMILES string of the molecule is CCCCOCCCNC(C)c1ccc(OC(C)C)cc1. The molecule has 21 heavy (non-hydrogen) atoms. The van der Waals surface area contributed by atoms with Crippen molar-refractivity contribution in [2.24, 2.45) is 0 Å². The Balaban J connectivity index is 2.21. The van der Waals surface area contributed by atoms with Crippen molar-refractivity contribution in [3.8, 4) is 5.75 Å². The number of rotatable bonds is 11. The maximum Gasteiger partial charge on any atom is 0.119 e. The van der Waals surface area contributed by atoms with Crippen molar-refractivity contribution in [1.29, 1.82) is 0 Å². The van der Waals surface area contributed by atoms with Crippen LogP contribution >= 0.6 is 0 Å². The molecule has 0 saturated heterocycles. The summed E-state index contributed by atoms with van der Waals surface area (Å²) in [5.41, 5.74) is 1.29. The Morgan fingerprint density at radius 1 is 1.00 bits per heavy atom. The van der Waals surface area contributed by atoms with Crippen LogP contribution in [0, 0.1) is 0 Å². The molecular formula is C18H31NO2. The molecule has 1 rings (SSSR count). The molecule has 0 fully saturated rings. The summed E-state index contributed by atoms with van der Waals surface area (Å²) in [5, 5.41) is 3.53. The van der Waals surface area contributed by atoms with Gasteiger partial charge in [0.15, 0.2) is 0 Å². The smallest absolute Gasteiger partial charge is 0.119 e. The number of nitrogens with one attached hydrogen (secondary N) is 1. The topological polar surface area (TPSA) is 30.5 Å². The first kappa shape index (κ1) is 18.0. The average Bonchev–Trinajstić information content (AvgIpc) is 2.46. The van der Waals surface area contributed by atoms with Gasteiger partial charge < -0.3 is 14.8 Å². The molecule has 120 valence electrons. The van der Waals surface area contributed by atoms with Crippen LogP contribution in [0.4, 0.5) is 0 Å². The van der Waals surface area contributed by atoms with Gasteiger partial charge in [0.25, 0.3) is 0 Å². The van der Waals surface area contributed by atoms with Gasteiger partial charge in [0.05, 0.1) is 6.10 Å². The second-order valence-corrected chi connectivity index (χ2v) is 5.73. The van der Waals surface area contributed by atoms with Crippen LogP contribution in [0.3, 0.4) is 0 Å². The third-order valence-corrected chi connectivity index (χ3v) is 3.31. The van der Waals surface area contributed by atoms with Crippen LogP contribution in [0.15, 0.2) is 24.3 Å². The lowest BCUT2D eigenvalue weighted by molar-refractivity contribution is 0.128. The highest BCUT2D eigenvalue weighted by molar-refractivity contribution is 5.29. The number of benzene rings is 1. The standard InChI is InChI=1S/C18H31NO2/c1-5-6-13-20-14-7-12-19-16(4)17-8-10-18(11-9-17)21-15(2)3/h8-11,15-16,19H,5-7,12-14H2,1-4H3. The summed E-state index contributed by atoms with van der Waals surface area (Å²) in [6, 6.07) is 8.71. The first-order chi connectivity index (χ1) is 10.1. The Morgan fingerprint density at radius 3 is 2.29 bits per heavy atom. The zero-order chi connectivity index (χ0) is 15.5. The summed E-state index contributed by atoms with van der Waals surface area (Å²) >= 11 is 0. The van der Waals surface area contributed by atoms with Gasteiger partial charge in [-0.2, -0.15) is 0 Å². The van der Waals surface area contributed by atoms with Crippen molar-refractivity contribution in [2.45, 2.75) is 59.1 Å². The lowest BCUT2D eigenvalue weighted by Crippen LogP contribution is -2.21. The third-order valence-electron chi connectivity index (χ3n) is 3.31. The molecule has 1 unspecified atom stereocenters. The highest BCUT2D eigenvalue weighted by Crippen LogP contribution is 2.18. The summed E-state index contributed by atoms with van der Waals surface area (Å²) < 4.78 is 11.2. The fraction of sp³-hybridized carbons (Fsp3) is 0.667. The van der Waals surface area contributed by atoms with E-state index in [0.717, 1.165) is 38.3 Å². The van der Waals surface area contributed by atoms with Crippen LogP contribution in [0.25, 0.3) is 0 Å². The molecule has 0 amide bonds. The maximum absolute atomic E-state index is 5.66. The minimum atomic E-state index is 0.221. The summed E-state index contributed by atoms with van der Waals surface area (Å²) in [6.45, 7) is 11.2. The van der Waals surface area contributed by atoms with E-state index in [1.54, 1.807) is 0 Å². The highest BCUT2D eigenvalue weighted by Gasteiger charge is 2.05. The van der Waals surface area contributed by atoms with Crippen LogP contribution in [0.1, 0.15) is 58.6 Å². The lowest BCUT2D eigenvalue weighted by atomic mass is 10.1. The van der Waals surface area contributed by atoms with Gasteiger partial charge in [-0.3, -0.25) is 0 Å². The van der Waals surface area contributed by atoms with E-state index in [1.165, 1.54) is 12.0 Å². The van der Waals surface area contributed by atoms with Crippen molar-refractivity contribution < 1.29 is 9.47 Å². The second kappa shape index (κ2) is 10.6. The van der Waals surface area contributed by atoms with Crippen molar-refractivity contribution in [2.75, 3.05) is 19.8 Å². The Labute approximate surface area is 130 Å². The Bertz CT molecular complexity index is 362. The molecule has 0 heterocycles. The molecule has 1 aromatic rings. The van der Waals surface area contributed by atoms with E-state index in [9.17, 15) is 0 Å². The van der Waals surface area contributed by atoms with Crippen LogP contribution in [-0.4, -0.2) is 25.9 Å². The number of hydrogen-bond acceptors (Lipinski definition) is 3. The van der Waals surface area contributed by atoms with Gasteiger partial charge in [-0.1, -0.05) is 25.5 Å². The van der Waals surface area contributed by atoms with E-state index in [0.29, 0.717) is 6.04 Å². The molecule has 1 N–H and O–H groups in total. The molecule has 1 atom stereocenters. The van der Waals surface area contributed by atoms with Crippen LogP contribution in [-0.2, 0) is 4.74 Å². The molecule has 0 aromatic heterocycles. The summed E-state index contributed by atoms with van der Waals surface area (Å²) in [6.07, 6.45) is 3.64. The van der Waals surface area contributed by atoms with E-state index < -0.39 is 0 Å². The van der Waals surface area contributed by atoms with Crippen LogP contribution in [0.5, 0.6) is 5.75 Å². The van der Waals surface area contributed by atoms with E-state index in [2.05, 4.69) is 31.3 Å². The first-order valence-corrected chi connectivity index (χ1v) is 8.21.